The monoisotopic (exact) mass is 201 g/mol. The van der Waals surface area contributed by atoms with E-state index < -0.39 is 0 Å². The van der Waals surface area contributed by atoms with E-state index in [0.29, 0.717) is 0 Å². The minimum atomic E-state index is -0.0742. The molecule has 1 aliphatic heterocycles. The van der Waals surface area contributed by atoms with Crippen molar-refractivity contribution in [2.75, 3.05) is 19.8 Å². The van der Waals surface area contributed by atoms with E-state index in [-0.39, 0.29) is 17.7 Å². The molecule has 1 rings (SSSR count). The molecular formula is C11H23NO2. The van der Waals surface area contributed by atoms with Crippen molar-refractivity contribution in [2.24, 2.45) is 0 Å². The lowest BCUT2D eigenvalue weighted by Crippen LogP contribution is -2.44. The molecule has 1 atom stereocenters. The molecule has 0 radical (unpaired) electrons. The van der Waals surface area contributed by atoms with Crippen molar-refractivity contribution in [3.05, 3.63) is 0 Å². The van der Waals surface area contributed by atoms with Gasteiger partial charge in [-0.3, -0.25) is 0 Å². The van der Waals surface area contributed by atoms with E-state index in [1.165, 1.54) is 0 Å². The van der Waals surface area contributed by atoms with E-state index in [4.69, 9.17) is 4.74 Å². The molecule has 1 aliphatic rings. The lowest BCUT2D eigenvalue weighted by Gasteiger charge is -2.29. The Kier molecular flexibility index (Phi) is 3.93. The average Bonchev–Trinajstić information content (AvgIpc) is 2.52. The Hall–Kier alpha value is -0.120. The fourth-order valence-electron chi connectivity index (χ4n) is 1.85. The predicted octanol–water partition coefficient (Wildman–Crippen LogP) is 1.31. The predicted molar refractivity (Wildman–Crippen MR) is 57.4 cm³/mol. The summed E-state index contributed by atoms with van der Waals surface area (Å²) in [6, 6.07) is 0. The average molecular weight is 201 g/mol. The van der Waals surface area contributed by atoms with Crippen molar-refractivity contribution in [1.29, 1.82) is 0 Å². The molecule has 84 valence electrons. The van der Waals surface area contributed by atoms with Crippen molar-refractivity contribution in [3.8, 4) is 0 Å². The van der Waals surface area contributed by atoms with Crippen LogP contribution in [0, 0.1) is 0 Å². The maximum Gasteiger partial charge on any atom is 0.0614 e. The van der Waals surface area contributed by atoms with Crippen LogP contribution in [0.4, 0.5) is 0 Å². The Balaban J connectivity index is 2.28. The van der Waals surface area contributed by atoms with Crippen molar-refractivity contribution < 1.29 is 9.84 Å². The topological polar surface area (TPSA) is 41.5 Å². The summed E-state index contributed by atoms with van der Waals surface area (Å²) in [5.74, 6) is 0. The maximum atomic E-state index is 9.33. The molecule has 0 aromatic rings. The van der Waals surface area contributed by atoms with Gasteiger partial charge in [0.05, 0.1) is 12.2 Å². The quantitative estimate of drug-likeness (QED) is 0.720. The molecule has 1 unspecified atom stereocenters. The first-order valence-electron chi connectivity index (χ1n) is 5.47. The Morgan fingerprint density at radius 1 is 1.43 bits per heavy atom. The third kappa shape index (κ3) is 3.56. The zero-order valence-electron chi connectivity index (χ0n) is 9.60. The number of hydrogen-bond donors (Lipinski definition) is 2. The van der Waals surface area contributed by atoms with E-state index in [0.717, 1.165) is 32.4 Å². The Bertz CT molecular complexity index is 169. The standard InChI is InChI=1S/C11H23NO2/c1-10(2,3)14-8-6-11(9-13)5-4-7-12-11/h12-13H,4-9H2,1-3H3. The molecule has 0 amide bonds. The largest absolute Gasteiger partial charge is 0.394 e. The second kappa shape index (κ2) is 4.60. The number of ether oxygens (including phenoxy) is 1. The summed E-state index contributed by atoms with van der Waals surface area (Å²) in [6.45, 7) is 8.13. The highest BCUT2D eigenvalue weighted by molar-refractivity contribution is 4.92. The van der Waals surface area contributed by atoms with E-state index in [2.05, 4.69) is 26.1 Å². The number of hydrogen-bond acceptors (Lipinski definition) is 3. The van der Waals surface area contributed by atoms with E-state index in [9.17, 15) is 5.11 Å². The van der Waals surface area contributed by atoms with Crippen LogP contribution in [0.1, 0.15) is 40.0 Å². The first-order valence-corrected chi connectivity index (χ1v) is 5.47. The zero-order chi connectivity index (χ0) is 10.7. The van der Waals surface area contributed by atoms with Crippen molar-refractivity contribution in [2.45, 2.75) is 51.2 Å². The van der Waals surface area contributed by atoms with Gasteiger partial charge in [-0.05, 0) is 46.6 Å². The second-order valence-electron chi connectivity index (χ2n) is 5.18. The smallest absolute Gasteiger partial charge is 0.0614 e. The van der Waals surface area contributed by atoms with Crippen molar-refractivity contribution in [1.82, 2.24) is 5.32 Å². The van der Waals surface area contributed by atoms with Gasteiger partial charge in [0.2, 0.25) is 0 Å². The van der Waals surface area contributed by atoms with Gasteiger partial charge in [-0.1, -0.05) is 0 Å². The molecule has 3 nitrogen and oxygen atoms in total. The molecule has 2 N–H and O–H groups in total. The van der Waals surface area contributed by atoms with Gasteiger partial charge in [0.1, 0.15) is 0 Å². The first-order chi connectivity index (χ1) is 6.47. The van der Waals surface area contributed by atoms with Crippen LogP contribution in [-0.4, -0.2) is 36.0 Å². The molecule has 3 heteroatoms. The summed E-state index contributed by atoms with van der Waals surface area (Å²) in [5, 5.41) is 12.7. The van der Waals surface area contributed by atoms with E-state index in [1.54, 1.807) is 0 Å². The van der Waals surface area contributed by atoms with Crippen LogP contribution >= 0.6 is 0 Å². The van der Waals surface area contributed by atoms with Gasteiger partial charge in [0.25, 0.3) is 0 Å². The molecule has 1 fully saturated rings. The molecule has 0 aliphatic carbocycles. The molecular weight excluding hydrogens is 178 g/mol. The van der Waals surface area contributed by atoms with E-state index in [1.807, 2.05) is 0 Å². The molecule has 0 aromatic carbocycles. The number of nitrogens with one attached hydrogen (secondary N) is 1. The third-order valence-electron chi connectivity index (χ3n) is 2.75. The summed E-state index contributed by atoms with van der Waals surface area (Å²) in [7, 11) is 0. The highest BCUT2D eigenvalue weighted by Crippen LogP contribution is 2.23. The molecule has 0 spiro atoms. The van der Waals surface area contributed by atoms with Gasteiger partial charge < -0.3 is 15.2 Å². The fourth-order valence-corrected chi connectivity index (χ4v) is 1.85. The van der Waals surface area contributed by atoms with Crippen LogP contribution in [0.2, 0.25) is 0 Å². The highest BCUT2D eigenvalue weighted by Gasteiger charge is 2.32. The minimum Gasteiger partial charge on any atom is -0.394 e. The van der Waals surface area contributed by atoms with Gasteiger partial charge in [0.15, 0.2) is 0 Å². The molecule has 0 saturated carbocycles. The molecule has 0 aromatic heterocycles. The molecule has 1 saturated heterocycles. The van der Waals surface area contributed by atoms with Crippen LogP contribution < -0.4 is 5.32 Å². The Morgan fingerprint density at radius 2 is 2.14 bits per heavy atom. The first kappa shape index (κ1) is 12.0. The summed E-state index contributed by atoms with van der Waals surface area (Å²) >= 11 is 0. The van der Waals surface area contributed by atoms with Gasteiger partial charge >= 0.3 is 0 Å². The number of aliphatic hydroxyl groups is 1. The van der Waals surface area contributed by atoms with Crippen molar-refractivity contribution >= 4 is 0 Å². The summed E-state index contributed by atoms with van der Waals surface area (Å²) in [5.41, 5.74) is -0.138. The maximum absolute atomic E-state index is 9.33. The Labute approximate surface area is 86.8 Å². The minimum absolute atomic E-state index is 0.0642. The fraction of sp³-hybridized carbons (Fsp3) is 1.00. The van der Waals surface area contributed by atoms with Crippen LogP contribution in [-0.2, 0) is 4.74 Å². The van der Waals surface area contributed by atoms with Crippen LogP contribution in [0.25, 0.3) is 0 Å². The van der Waals surface area contributed by atoms with Gasteiger partial charge in [-0.25, -0.2) is 0 Å². The van der Waals surface area contributed by atoms with Crippen LogP contribution in [0.15, 0.2) is 0 Å². The molecule has 0 bridgehead atoms. The van der Waals surface area contributed by atoms with Gasteiger partial charge in [0, 0.05) is 12.1 Å². The third-order valence-corrected chi connectivity index (χ3v) is 2.75. The molecule has 1 heterocycles. The van der Waals surface area contributed by atoms with E-state index >= 15 is 0 Å². The van der Waals surface area contributed by atoms with Crippen molar-refractivity contribution in [3.63, 3.8) is 0 Å². The Morgan fingerprint density at radius 3 is 2.57 bits per heavy atom. The number of rotatable bonds is 4. The second-order valence-corrected chi connectivity index (χ2v) is 5.18. The zero-order valence-corrected chi connectivity index (χ0v) is 9.60. The normalized spacial score (nSPS) is 28.3. The lowest BCUT2D eigenvalue weighted by atomic mass is 9.95. The van der Waals surface area contributed by atoms with Gasteiger partial charge in [-0.15, -0.1) is 0 Å². The number of aliphatic hydroxyl groups excluding tert-OH is 1. The summed E-state index contributed by atoms with van der Waals surface area (Å²) in [4.78, 5) is 0. The lowest BCUT2D eigenvalue weighted by molar-refractivity contribution is -0.0169. The van der Waals surface area contributed by atoms with Crippen LogP contribution in [0.3, 0.4) is 0 Å². The summed E-state index contributed by atoms with van der Waals surface area (Å²) in [6.07, 6.45) is 3.13. The SMILES string of the molecule is CC(C)(C)OCCC1(CO)CCCN1. The van der Waals surface area contributed by atoms with Crippen LogP contribution in [0.5, 0.6) is 0 Å². The van der Waals surface area contributed by atoms with Gasteiger partial charge in [-0.2, -0.15) is 0 Å². The highest BCUT2D eigenvalue weighted by atomic mass is 16.5. The molecule has 14 heavy (non-hydrogen) atoms. The summed E-state index contributed by atoms with van der Waals surface area (Å²) < 4.78 is 5.67.